The molecule has 0 spiro atoms. The minimum absolute atomic E-state index is 0.0360. The zero-order chi connectivity index (χ0) is 19.5. The van der Waals surface area contributed by atoms with Crippen LogP contribution in [0.25, 0.3) is 11.4 Å². The number of rotatable bonds is 8. The molecule has 4 rings (SSSR count). The van der Waals surface area contributed by atoms with Crippen molar-refractivity contribution >= 4 is 11.8 Å². The molecular weight excluding hydrogens is 384 g/mol. The van der Waals surface area contributed by atoms with Crippen LogP contribution in [0.2, 0.25) is 0 Å². The number of hydrogen-bond donors (Lipinski definition) is 1. The van der Waals surface area contributed by atoms with Crippen LogP contribution in [0, 0.1) is 11.6 Å². The van der Waals surface area contributed by atoms with Crippen molar-refractivity contribution in [3.8, 4) is 17.1 Å². The summed E-state index contributed by atoms with van der Waals surface area (Å²) in [6.45, 7) is -0.0360. The Labute approximate surface area is 165 Å². The molecule has 0 radical (unpaired) electrons. The van der Waals surface area contributed by atoms with Gasteiger partial charge in [-0.15, -0.1) is 10.2 Å². The first-order chi connectivity index (χ1) is 13.6. The zero-order valence-electron chi connectivity index (χ0n) is 15.0. The van der Waals surface area contributed by atoms with Gasteiger partial charge in [0.05, 0.1) is 11.7 Å². The third kappa shape index (κ3) is 4.18. The molecule has 0 unspecified atom stereocenters. The Morgan fingerprint density at radius 2 is 1.79 bits per heavy atom. The number of benzene rings is 2. The Kier molecular flexibility index (Phi) is 5.59. The molecule has 8 heteroatoms. The van der Waals surface area contributed by atoms with Crippen molar-refractivity contribution in [2.24, 2.45) is 0 Å². The molecular formula is C20H19F2N3O2S. The minimum atomic E-state index is -0.814. The highest BCUT2D eigenvalue weighted by Gasteiger charge is 2.31. The lowest BCUT2D eigenvalue weighted by Gasteiger charge is -2.13. The third-order valence-electron chi connectivity index (χ3n) is 4.36. The van der Waals surface area contributed by atoms with Gasteiger partial charge < -0.3 is 9.84 Å². The molecule has 1 atom stereocenters. The quantitative estimate of drug-likeness (QED) is 0.574. The third-order valence-corrected chi connectivity index (χ3v) is 5.45. The highest BCUT2D eigenvalue weighted by atomic mass is 32.2. The molecule has 1 heterocycles. The summed E-state index contributed by atoms with van der Waals surface area (Å²) in [7, 11) is 0. The first kappa shape index (κ1) is 18.9. The molecule has 146 valence electrons. The minimum Gasteiger partial charge on any atom is -0.488 e. The molecule has 3 aromatic rings. The van der Waals surface area contributed by atoms with E-state index in [1.807, 2.05) is 4.57 Å². The molecule has 1 aliphatic carbocycles. The number of halogens is 2. The van der Waals surface area contributed by atoms with Crippen LogP contribution in [0.1, 0.15) is 18.9 Å². The fourth-order valence-corrected chi connectivity index (χ4v) is 3.74. The average molecular weight is 403 g/mol. The Bertz CT molecular complexity index is 962. The fraction of sp³-hybridized carbons (Fsp3) is 0.300. The van der Waals surface area contributed by atoms with E-state index in [0.29, 0.717) is 22.3 Å². The van der Waals surface area contributed by atoms with Gasteiger partial charge in [0, 0.05) is 11.8 Å². The molecule has 5 nitrogen and oxygen atoms in total. The van der Waals surface area contributed by atoms with E-state index >= 15 is 0 Å². The molecule has 0 bridgehead atoms. The number of hydrogen-bond acceptors (Lipinski definition) is 5. The SMILES string of the molecule is O[C@H](COc1ccccc1F)CSc1nnc(-c2ccccc2F)n1C1CC1. The van der Waals surface area contributed by atoms with Crippen molar-refractivity contribution in [1.29, 1.82) is 0 Å². The normalized spacial score (nSPS) is 14.8. The summed E-state index contributed by atoms with van der Waals surface area (Å²) < 4.78 is 35.0. The molecule has 28 heavy (non-hydrogen) atoms. The van der Waals surface area contributed by atoms with Gasteiger partial charge in [0.1, 0.15) is 12.4 Å². The van der Waals surface area contributed by atoms with E-state index in [9.17, 15) is 13.9 Å². The number of aliphatic hydroxyl groups is 1. The van der Waals surface area contributed by atoms with Crippen LogP contribution >= 0.6 is 11.8 Å². The topological polar surface area (TPSA) is 60.2 Å². The van der Waals surface area contributed by atoms with Crippen molar-refractivity contribution in [2.45, 2.75) is 30.1 Å². The van der Waals surface area contributed by atoms with Gasteiger partial charge in [-0.05, 0) is 37.1 Å². The number of thioether (sulfide) groups is 1. The molecule has 1 fully saturated rings. The number of nitrogens with zero attached hydrogens (tertiary/aromatic N) is 3. The summed E-state index contributed by atoms with van der Waals surface area (Å²) in [5.41, 5.74) is 0.414. The van der Waals surface area contributed by atoms with Crippen LogP contribution < -0.4 is 4.74 Å². The Balaban J connectivity index is 1.42. The van der Waals surface area contributed by atoms with E-state index in [-0.39, 0.29) is 24.2 Å². The molecule has 0 aliphatic heterocycles. The Hall–Kier alpha value is -2.45. The lowest BCUT2D eigenvalue weighted by molar-refractivity contribution is 0.123. The molecule has 2 aromatic carbocycles. The van der Waals surface area contributed by atoms with Gasteiger partial charge >= 0.3 is 0 Å². The predicted molar refractivity (Wildman–Crippen MR) is 102 cm³/mol. The first-order valence-electron chi connectivity index (χ1n) is 9.01. The summed E-state index contributed by atoms with van der Waals surface area (Å²) >= 11 is 1.33. The van der Waals surface area contributed by atoms with Gasteiger partial charge in [0.25, 0.3) is 0 Å². The van der Waals surface area contributed by atoms with E-state index in [1.54, 1.807) is 30.3 Å². The van der Waals surface area contributed by atoms with Gasteiger partial charge in [-0.3, -0.25) is 4.57 Å². The maximum absolute atomic E-state index is 14.2. The summed E-state index contributed by atoms with van der Waals surface area (Å²) in [6, 6.07) is 12.8. The van der Waals surface area contributed by atoms with Crippen molar-refractivity contribution in [3.63, 3.8) is 0 Å². The smallest absolute Gasteiger partial charge is 0.191 e. The van der Waals surface area contributed by atoms with Crippen molar-refractivity contribution < 1.29 is 18.6 Å². The average Bonchev–Trinajstić information content (AvgIpc) is 3.45. The molecule has 1 aliphatic rings. The molecule has 1 aromatic heterocycles. The monoisotopic (exact) mass is 403 g/mol. The van der Waals surface area contributed by atoms with Crippen molar-refractivity contribution in [1.82, 2.24) is 14.8 Å². The van der Waals surface area contributed by atoms with Crippen LogP contribution in [-0.2, 0) is 0 Å². The van der Waals surface area contributed by atoms with Gasteiger partial charge in [0.2, 0.25) is 0 Å². The standard InChI is InChI=1S/C20H19F2N3O2S/c21-16-6-2-1-5-15(16)19-23-24-20(25(19)13-9-10-13)28-12-14(26)11-27-18-8-4-3-7-17(18)22/h1-8,13-14,26H,9-12H2/t14-/m1/s1. The number of ether oxygens (including phenoxy) is 1. The van der Waals surface area contributed by atoms with Crippen LogP contribution in [0.3, 0.4) is 0 Å². The number of aromatic nitrogens is 3. The van der Waals surface area contributed by atoms with Crippen molar-refractivity contribution in [3.05, 3.63) is 60.2 Å². The second-order valence-corrected chi connectivity index (χ2v) is 7.58. The molecule has 0 saturated heterocycles. The van der Waals surface area contributed by atoms with E-state index in [0.717, 1.165) is 12.8 Å². The summed E-state index contributed by atoms with van der Waals surface area (Å²) in [6.07, 6.45) is 1.17. The second-order valence-electron chi connectivity index (χ2n) is 6.59. The van der Waals surface area contributed by atoms with Crippen LogP contribution in [-0.4, -0.2) is 38.3 Å². The van der Waals surface area contributed by atoms with Gasteiger partial charge in [-0.1, -0.05) is 36.0 Å². The number of para-hydroxylation sites is 1. The summed E-state index contributed by atoms with van der Waals surface area (Å²) in [5.74, 6) is 0.100. The summed E-state index contributed by atoms with van der Waals surface area (Å²) in [4.78, 5) is 0. The van der Waals surface area contributed by atoms with E-state index < -0.39 is 11.9 Å². The van der Waals surface area contributed by atoms with E-state index in [4.69, 9.17) is 4.74 Å². The molecule has 0 amide bonds. The fourth-order valence-electron chi connectivity index (χ4n) is 2.83. The van der Waals surface area contributed by atoms with Gasteiger partial charge in [0.15, 0.2) is 22.5 Å². The van der Waals surface area contributed by atoms with Gasteiger partial charge in [-0.2, -0.15) is 0 Å². The maximum Gasteiger partial charge on any atom is 0.191 e. The molecule has 1 N–H and O–H groups in total. The lowest BCUT2D eigenvalue weighted by Crippen LogP contribution is -2.20. The zero-order valence-corrected chi connectivity index (χ0v) is 15.8. The number of aliphatic hydroxyl groups excluding tert-OH is 1. The largest absolute Gasteiger partial charge is 0.488 e. The lowest BCUT2D eigenvalue weighted by atomic mass is 10.2. The highest BCUT2D eigenvalue weighted by Crippen LogP contribution is 2.41. The first-order valence-corrected chi connectivity index (χ1v) is 10.00. The maximum atomic E-state index is 14.2. The predicted octanol–water partition coefficient (Wildman–Crippen LogP) is 4.09. The van der Waals surface area contributed by atoms with Crippen LogP contribution in [0.15, 0.2) is 53.7 Å². The van der Waals surface area contributed by atoms with E-state index in [2.05, 4.69) is 10.2 Å². The van der Waals surface area contributed by atoms with Crippen molar-refractivity contribution in [2.75, 3.05) is 12.4 Å². The Morgan fingerprint density at radius 1 is 1.07 bits per heavy atom. The van der Waals surface area contributed by atoms with Crippen LogP contribution in [0.5, 0.6) is 5.75 Å². The van der Waals surface area contributed by atoms with Crippen LogP contribution in [0.4, 0.5) is 8.78 Å². The molecule has 1 saturated carbocycles. The summed E-state index contributed by atoms with van der Waals surface area (Å²) in [5, 5.41) is 19.2. The highest BCUT2D eigenvalue weighted by molar-refractivity contribution is 7.99. The van der Waals surface area contributed by atoms with E-state index in [1.165, 1.54) is 30.0 Å². The second kappa shape index (κ2) is 8.28. The van der Waals surface area contributed by atoms with Gasteiger partial charge in [-0.25, -0.2) is 8.78 Å². The Morgan fingerprint density at radius 3 is 2.50 bits per heavy atom.